The van der Waals surface area contributed by atoms with E-state index < -0.39 is 29.2 Å². The number of unbranched alkanes of at least 4 members (excludes halogenated alkanes) is 1. The van der Waals surface area contributed by atoms with Gasteiger partial charge in [0.05, 0.1) is 12.3 Å². The van der Waals surface area contributed by atoms with Crippen molar-refractivity contribution in [2.24, 2.45) is 7.05 Å². The van der Waals surface area contributed by atoms with Crippen LogP contribution in [0.2, 0.25) is 0 Å². The summed E-state index contributed by atoms with van der Waals surface area (Å²) in [5.74, 6) is -2.29. The van der Waals surface area contributed by atoms with Crippen molar-refractivity contribution in [1.29, 1.82) is 0 Å². The first-order valence-corrected chi connectivity index (χ1v) is 11.6. The third-order valence-corrected chi connectivity index (χ3v) is 6.12. The second kappa shape index (κ2) is 10.8. The predicted molar refractivity (Wildman–Crippen MR) is 125 cm³/mol. The number of nitrogens with zero attached hydrogens (tertiary/aromatic N) is 5. The molecule has 2 heterocycles. The molecule has 0 atom stereocenters. The Morgan fingerprint density at radius 1 is 1.20 bits per heavy atom. The number of anilines is 2. The van der Waals surface area contributed by atoms with E-state index in [2.05, 4.69) is 15.2 Å². The van der Waals surface area contributed by atoms with Crippen molar-refractivity contribution >= 4 is 29.2 Å². The zero-order chi connectivity index (χ0) is 25.8. The van der Waals surface area contributed by atoms with Crippen LogP contribution in [0, 0.1) is 0 Å². The molecule has 0 aliphatic rings. The molecule has 35 heavy (non-hydrogen) atoms. The summed E-state index contributed by atoms with van der Waals surface area (Å²) in [5.41, 5.74) is 5.23. The summed E-state index contributed by atoms with van der Waals surface area (Å²) in [6.07, 6.45) is -3.47. The lowest BCUT2D eigenvalue weighted by molar-refractivity contribution is -0.147. The number of hydrogen-bond acceptors (Lipinski definition) is 7. The van der Waals surface area contributed by atoms with Crippen LogP contribution in [-0.2, 0) is 24.6 Å². The minimum absolute atomic E-state index is 0.0685. The second-order valence-corrected chi connectivity index (χ2v) is 8.56. The van der Waals surface area contributed by atoms with Gasteiger partial charge in [-0.2, -0.15) is 13.2 Å². The van der Waals surface area contributed by atoms with Crippen LogP contribution in [0.5, 0.6) is 0 Å². The summed E-state index contributed by atoms with van der Waals surface area (Å²) in [6, 6.07) is 8.95. The Balaban J connectivity index is 1.92. The van der Waals surface area contributed by atoms with Gasteiger partial charge in [-0.3, -0.25) is 19.1 Å². The minimum Gasteiger partial charge on any atom is -0.383 e. The van der Waals surface area contributed by atoms with Crippen LogP contribution in [0.3, 0.4) is 0 Å². The van der Waals surface area contributed by atoms with Crippen molar-refractivity contribution in [3.63, 3.8) is 0 Å². The largest absolute Gasteiger partial charge is 0.451 e. The van der Waals surface area contributed by atoms with Gasteiger partial charge in [-0.25, -0.2) is 4.79 Å². The monoisotopic (exact) mass is 511 g/mol. The maximum atomic E-state index is 13.1. The van der Waals surface area contributed by atoms with Gasteiger partial charge in [0.25, 0.3) is 5.56 Å². The molecule has 0 radical (unpaired) electrons. The summed E-state index contributed by atoms with van der Waals surface area (Å²) in [4.78, 5) is 41.7. The number of thioether (sulfide) groups is 1. The molecule has 3 N–H and O–H groups in total. The molecule has 0 spiro atoms. The molecule has 2 aromatic heterocycles. The van der Waals surface area contributed by atoms with Crippen molar-refractivity contribution < 1.29 is 18.0 Å². The molecule has 3 rings (SSSR count). The van der Waals surface area contributed by atoms with E-state index in [4.69, 9.17) is 5.73 Å². The van der Waals surface area contributed by atoms with Crippen molar-refractivity contribution in [2.45, 2.75) is 37.6 Å². The Morgan fingerprint density at radius 3 is 2.49 bits per heavy atom. The zero-order valence-electron chi connectivity index (χ0n) is 19.0. The fourth-order valence-corrected chi connectivity index (χ4v) is 4.12. The smallest absolute Gasteiger partial charge is 0.383 e. The lowest BCUT2D eigenvalue weighted by Crippen LogP contribution is -2.42. The number of nitrogen functional groups attached to an aromatic ring is 1. The topological polar surface area (TPSA) is 132 Å². The maximum Gasteiger partial charge on any atom is 0.451 e. The van der Waals surface area contributed by atoms with E-state index in [9.17, 15) is 27.6 Å². The molecule has 0 aliphatic carbocycles. The Labute approximate surface area is 202 Å². The maximum absolute atomic E-state index is 13.1. The molecule has 0 aliphatic heterocycles. The van der Waals surface area contributed by atoms with Crippen LogP contribution in [0.4, 0.5) is 24.7 Å². The van der Waals surface area contributed by atoms with Crippen LogP contribution in [0.25, 0.3) is 0 Å². The van der Waals surface area contributed by atoms with Gasteiger partial charge in [-0.1, -0.05) is 55.4 Å². The Morgan fingerprint density at radius 2 is 1.89 bits per heavy atom. The standard InChI is InChI=1S/C21H24F3N7O3S/c1-3-4-10-30(14(32)12-35-20-28-27-18(29(20)2)21(22,23)24)15-16(25)31(19(34)26-17(15)33)11-13-8-6-5-7-9-13/h5-9H,3-4,10-12,25H2,1-2H3,(H,26,33,34). The molecule has 3 aromatic rings. The number of nitrogens with one attached hydrogen (secondary N) is 1. The van der Waals surface area contributed by atoms with Gasteiger partial charge >= 0.3 is 11.9 Å². The highest BCUT2D eigenvalue weighted by Crippen LogP contribution is 2.30. The quantitative estimate of drug-likeness (QED) is 0.421. The molecule has 188 valence electrons. The Kier molecular flexibility index (Phi) is 8.04. The molecule has 0 fully saturated rings. The molecular weight excluding hydrogens is 487 g/mol. The number of benzene rings is 1. The van der Waals surface area contributed by atoms with E-state index in [1.54, 1.807) is 24.3 Å². The lowest BCUT2D eigenvalue weighted by Gasteiger charge is -2.24. The Bertz CT molecular complexity index is 1300. The Hall–Kier alpha value is -3.55. The van der Waals surface area contributed by atoms with E-state index in [0.717, 1.165) is 38.4 Å². The predicted octanol–water partition coefficient (Wildman–Crippen LogP) is 2.24. The fourth-order valence-electron chi connectivity index (χ4n) is 3.33. The third-order valence-electron chi connectivity index (χ3n) is 5.12. The van der Waals surface area contributed by atoms with Gasteiger partial charge in [-0.15, -0.1) is 10.2 Å². The summed E-state index contributed by atoms with van der Waals surface area (Å²) >= 11 is 0.747. The average molecular weight is 512 g/mol. The van der Waals surface area contributed by atoms with Gasteiger partial charge in [0.2, 0.25) is 11.7 Å². The normalized spacial score (nSPS) is 11.6. The molecule has 0 saturated carbocycles. The molecule has 1 aromatic carbocycles. The number of aromatic amines is 1. The van der Waals surface area contributed by atoms with Crippen LogP contribution < -0.4 is 21.9 Å². The van der Waals surface area contributed by atoms with Crippen molar-refractivity contribution in [1.82, 2.24) is 24.3 Å². The molecule has 1 amide bonds. The van der Waals surface area contributed by atoms with E-state index in [0.29, 0.717) is 12.8 Å². The third kappa shape index (κ3) is 5.93. The summed E-state index contributed by atoms with van der Waals surface area (Å²) in [7, 11) is 1.15. The first-order valence-electron chi connectivity index (χ1n) is 10.6. The van der Waals surface area contributed by atoms with Crippen LogP contribution in [0.1, 0.15) is 31.2 Å². The van der Waals surface area contributed by atoms with Crippen molar-refractivity contribution in [3.8, 4) is 0 Å². The average Bonchev–Trinajstić information content (AvgIpc) is 3.18. The number of H-pyrrole nitrogens is 1. The lowest BCUT2D eigenvalue weighted by atomic mass is 10.2. The van der Waals surface area contributed by atoms with Gasteiger partial charge in [-0.05, 0) is 12.0 Å². The number of nitrogens with two attached hydrogens (primary N) is 1. The number of halogens is 3. The highest BCUT2D eigenvalue weighted by atomic mass is 32.2. The van der Waals surface area contributed by atoms with Gasteiger partial charge in [0.1, 0.15) is 5.82 Å². The first kappa shape index (κ1) is 26.1. The van der Waals surface area contributed by atoms with Gasteiger partial charge < -0.3 is 15.2 Å². The fraction of sp³-hybridized carbons (Fsp3) is 0.381. The summed E-state index contributed by atoms with van der Waals surface area (Å²) < 4.78 is 40.8. The molecule has 10 nitrogen and oxygen atoms in total. The van der Waals surface area contributed by atoms with E-state index in [1.807, 2.05) is 13.0 Å². The van der Waals surface area contributed by atoms with Gasteiger partial charge in [0.15, 0.2) is 10.8 Å². The SMILES string of the molecule is CCCCN(C(=O)CSc1nnc(C(F)(F)F)n1C)c1c(N)n(Cc2ccccc2)c(=O)[nH]c1=O. The number of hydrogen-bond donors (Lipinski definition) is 2. The first-order chi connectivity index (χ1) is 16.5. The van der Waals surface area contributed by atoms with Crippen molar-refractivity contribution in [3.05, 3.63) is 62.6 Å². The van der Waals surface area contributed by atoms with E-state index >= 15 is 0 Å². The number of aromatic nitrogens is 5. The number of amides is 1. The number of carbonyl (C=O) groups is 1. The molecule has 14 heteroatoms. The molecule has 0 bridgehead atoms. The summed E-state index contributed by atoms with van der Waals surface area (Å²) in [5, 5.41) is 6.53. The molecule has 0 saturated heterocycles. The second-order valence-electron chi connectivity index (χ2n) is 7.62. The number of alkyl halides is 3. The zero-order valence-corrected chi connectivity index (χ0v) is 19.8. The number of carbonyl (C=O) groups excluding carboxylic acids is 1. The molecular formula is C21H24F3N7O3S. The highest BCUT2D eigenvalue weighted by molar-refractivity contribution is 7.99. The summed E-state index contributed by atoms with van der Waals surface area (Å²) in [6.45, 7) is 2.08. The van der Waals surface area contributed by atoms with Crippen LogP contribution in [-0.4, -0.2) is 42.5 Å². The molecule has 0 unspecified atom stereocenters. The van der Waals surface area contributed by atoms with Crippen molar-refractivity contribution in [2.75, 3.05) is 22.9 Å². The van der Waals surface area contributed by atoms with Crippen LogP contribution >= 0.6 is 11.8 Å². The van der Waals surface area contributed by atoms with Crippen LogP contribution in [0.15, 0.2) is 45.1 Å². The number of rotatable bonds is 9. The highest BCUT2D eigenvalue weighted by Gasteiger charge is 2.37. The minimum atomic E-state index is -4.69. The van der Waals surface area contributed by atoms with E-state index in [1.165, 1.54) is 0 Å². The van der Waals surface area contributed by atoms with E-state index in [-0.39, 0.29) is 35.5 Å². The van der Waals surface area contributed by atoms with Gasteiger partial charge in [0, 0.05) is 13.6 Å².